The number of benzene rings is 2. The fraction of sp³-hybridized carbons (Fsp3) is 0.238. The van der Waals surface area contributed by atoms with Crippen molar-refractivity contribution in [2.75, 3.05) is 26.3 Å². The number of ether oxygens (including phenoxy) is 4. The van der Waals surface area contributed by atoms with Gasteiger partial charge in [-0.2, -0.15) is 4.37 Å². The van der Waals surface area contributed by atoms with E-state index in [0.29, 0.717) is 39.9 Å². The Morgan fingerprint density at radius 2 is 2.03 bits per heavy atom. The van der Waals surface area contributed by atoms with Gasteiger partial charge in [-0.25, -0.2) is 4.39 Å². The molecule has 0 fully saturated rings. The van der Waals surface area contributed by atoms with Crippen LogP contribution in [0.1, 0.15) is 22.8 Å². The Bertz CT molecular complexity index is 1160. The van der Waals surface area contributed by atoms with Crippen molar-refractivity contribution in [3.8, 4) is 34.3 Å². The standard InChI is InChI=1S/C21H17FN2O5S/c1-26-14-7-12(18(27-2)20-19(14)28-9-29-20)13-8-15(25)23-17-16(24-30-21(13)17)10-4-3-5-11(22)6-10/h3-7,13H,8-9H2,1-2H3,(H,23,25)/t13-/m1/s1. The zero-order valence-corrected chi connectivity index (χ0v) is 17.0. The minimum Gasteiger partial charge on any atom is -0.493 e. The van der Waals surface area contributed by atoms with Gasteiger partial charge in [0.15, 0.2) is 11.5 Å². The first-order valence-electron chi connectivity index (χ1n) is 9.20. The highest BCUT2D eigenvalue weighted by Gasteiger charge is 2.37. The number of nitrogens with one attached hydrogen (secondary N) is 1. The van der Waals surface area contributed by atoms with Crippen LogP contribution < -0.4 is 24.3 Å². The summed E-state index contributed by atoms with van der Waals surface area (Å²) in [5.74, 6) is 1.07. The lowest BCUT2D eigenvalue weighted by Crippen LogP contribution is -2.23. The van der Waals surface area contributed by atoms with Crippen molar-refractivity contribution in [1.82, 2.24) is 4.37 Å². The number of anilines is 1. The predicted molar refractivity (Wildman–Crippen MR) is 108 cm³/mol. The van der Waals surface area contributed by atoms with E-state index in [0.717, 1.165) is 10.4 Å². The second kappa shape index (κ2) is 7.17. The van der Waals surface area contributed by atoms with Crippen molar-refractivity contribution in [3.05, 3.63) is 46.6 Å². The van der Waals surface area contributed by atoms with Crippen LogP contribution in [0.3, 0.4) is 0 Å². The maximum Gasteiger partial charge on any atom is 0.231 e. The van der Waals surface area contributed by atoms with Gasteiger partial charge < -0.3 is 24.3 Å². The van der Waals surface area contributed by atoms with Crippen molar-refractivity contribution in [1.29, 1.82) is 0 Å². The first-order valence-corrected chi connectivity index (χ1v) is 9.98. The van der Waals surface area contributed by atoms with Crippen LogP contribution >= 0.6 is 11.5 Å². The molecule has 5 rings (SSSR count). The molecule has 0 saturated heterocycles. The van der Waals surface area contributed by atoms with Crippen LogP contribution in [0.15, 0.2) is 30.3 Å². The Morgan fingerprint density at radius 1 is 1.20 bits per heavy atom. The monoisotopic (exact) mass is 428 g/mol. The fourth-order valence-corrected chi connectivity index (χ4v) is 4.83. The topological polar surface area (TPSA) is 78.9 Å². The predicted octanol–water partition coefficient (Wildman–Crippen LogP) is 4.17. The lowest BCUT2D eigenvalue weighted by atomic mass is 9.88. The third kappa shape index (κ3) is 2.85. The highest BCUT2D eigenvalue weighted by Crippen LogP contribution is 2.55. The lowest BCUT2D eigenvalue weighted by Gasteiger charge is -2.25. The van der Waals surface area contributed by atoms with Gasteiger partial charge in [0, 0.05) is 23.5 Å². The molecule has 0 saturated carbocycles. The summed E-state index contributed by atoms with van der Waals surface area (Å²) < 4.78 is 40.5. The largest absolute Gasteiger partial charge is 0.493 e. The highest BCUT2D eigenvalue weighted by atomic mass is 32.1. The summed E-state index contributed by atoms with van der Waals surface area (Å²) in [4.78, 5) is 13.5. The molecule has 7 nitrogen and oxygen atoms in total. The zero-order valence-electron chi connectivity index (χ0n) is 16.2. The summed E-state index contributed by atoms with van der Waals surface area (Å²) in [7, 11) is 3.09. The first-order chi connectivity index (χ1) is 14.6. The van der Waals surface area contributed by atoms with Gasteiger partial charge in [-0.3, -0.25) is 4.79 Å². The fourth-order valence-electron chi connectivity index (χ4n) is 3.87. The van der Waals surface area contributed by atoms with Crippen LogP contribution in [0.25, 0.3) is 11.3 Å². The summed E-state index contributed by atoms with van der Waals surface area (Å²) in [5, 5.41) is 2.90. The molecule has 1 N–H and O–H groups in total. The van der Waals surface area contributed by atoms with Gasteiger partial charge in [-0.15, -0.1) is 0 Å². The molecule has 30 heavy (non-hydrogen) atoms. The van der Waals surface area contributed by atoms with E-state index < -0.39 is 0 Å². The van der Waals surface area contributed by atoms with Crippen LogP contribution in [0.5, 0.6) is 23.0 Å². The van der Waals surface area contributed by atoms with Gasteiger partial charge >= 0.3 is 0 Å². The van der Waals surface area contributed by atoms with E-state index in [1.54, 1.807) is 32.4 Å². The van der Waals surface area contributed by atoms with Crippen molar-refractivity contribution in [2.45, 2.75) is 12.3 Å². The van der Waals surface area contributed by atoms with E-state index in [4.69, 9.17) is 18.9 Å². The van der Waals surface area contributed by atoms with Gasteiger partial charge in [0.25, 0.3) is 0 Å². The van der Waals surface area contributed by atoms with E-state index in [1.165, 1.54) is 23.7 Å². The van der Waals surface area contributed by atoms with Crippen LogP contribution in [-0.4, -0.2) is 31.3 Å². The minimum atomic E-state index is -0.366. The first kappa shape index (κ1) is 18.7. The van der Waals surface area contributed by atoms with Crippen molar-refractivity contribution in [2.24, 2.45) is 0 Å². The second-order valence-electron chi connectivity index (χ2n) is 6.85. The Morgan fingerprint density at radius 3 is 2.80 bits per heavy atom. The SMILES string of the molecule is COc1cc([C@H]2CC(=O)Nc3c(-c4cccc(F)c4)nsc32)c(OC)c2c1OCO2. The van der Waals surface area contributed by atoms with Crippen LogP contribution in [0.4, 0.5) is 10.1 Å². The summed E-state index contributed by atoms with van der Waals surface area (Å²) in [6, 6.07) is 7.95. The van der Waals surface area contributed by atoms with E-state index in [1.807, 2.05) is 0 Å². The molecule has 2 aromatic carbocycles. The highest BCUT2D eigenvalue weighted by molar-refractivity contribution is 7.07. The van der Waals surface area contributed by atoms with Crippen LogP contribution in [0.2, 0.25) is 0 Å². The molecular weight excluding hydrogens is 411 g/mol. The molecule has 1 amide bonds. The summed E-state index contributed by atoms with van der Waals surface area (Å²) in [6.07, 6.45) is 0.205. The van der Waals surface area contributed by atoms with E-state index in [-0.39, 0.29) is 30.9 Å². The van der Waals surface area contributed by atoms with E-state index in [2.05, 4.69) is 9.69 Å². The molecular formula is C21H17FN2O5S. The maximum atomic E-state index is 13.8. The molecule has 154 valence electrons. The van der Waals surface area contributed by atoms with Crippen molar-refractivity contribution < 1.29 is 28.1 Å². The van der Waals surface area contributed by atoms with Gasteiger partial charge in [-0.1, -0.05) is 12.1 Å². The average Bonchev–Trinajstić information content (AvgIpc) is 3.39. The Kier molecular flexibility index (Phi) is 4.47. The van der Waals surface area contributed by atoms with Gasteiger partial charge in [0.1, 0.15) is 11.5 Å². The van der Waals surface area contributed by atoms with E-state index in [9.17, 15) is 9.18 Å². The van der Waals surface area contributed by atoms with Crippen LogP contribution in [0, 0.1) is 5.82 Å². The molecule has 9 heteroatoms. The molecule has 2 aliphatic rings. The quantitative estimate of drug-likeness (QED) is 0.672. The van der Waals surface area contributed by atoms with Crippen molar-refractivity contribution in [3.63, 3.8) is 0 Å². The average molecular weight is 428 g/mol. The third-order valence-corrected chi connectivity index (χ3v) is 6.14. The number of rotatable bonds is 4. The molecule has 3 heterocycles. The number of nitrogens with zero attached hydrogens (tertiary/aromatic N) is 1. The number of carbonyl (C=O) groups excluding carboxylic acids is 1. The maximum absolute atomic E-state index is 13.8. The number of hydrogen-bond donors (Lipinski definition) is 1. The number of carbonyl (C=O) groups is 1. The number of methoxy groups -OCH3 is 2. The molecule has 1 aromatic heterocycles. The molecule has 0 spiro atoms. The lowest BCUT2D eigenvalue weighted by molar-refractivity contribution is -0.116. The zero-order chi connectivity index (χ0) is 20.8. The molecule has 0 radical (unpaired) electrons. The normalized spacial score (nSPS) is 16.8. The second-order valence-corrected chi connectivity index (χ2v) is 7.66. The molecule has 0 bridgehead atoms. The third-order valence-electron chi connectivity index (χ3n) is 5.18. The molecule has 0 aliphatic carbocycles. The van der Waals surface area contributed by atoms with Gasteiger partial charge in [0.05, 0.1) is 24.8 Å². The molecule has 0 unspecified atom stereocenters. The number of hydrogen-bond acceptors (Lipinski definition) is 7. The summed E-state index contributed by atoms with van der Waals surface area (Å²) in [6.45, 7) is 0.0617. The van der Waals surface area contributed by atoms with Crippen LogP contribution in [-0.2, 0) is 4.79 Å². The Labute approximate surface area is 175 Å². The minimum absolute atomic E-state index is 0.0617. The number of halogens is 1. The summed E-state index contributed by atoms with van der Waals surface area (Å²) >= 11 is 1.27. The Hall–Kier alpha value is -3.33. The Balaban J connectivity index is 1.68. The number of aromatic nitrogens is 1. The number of amides is 1. The van der Waals surface area contributed by atoms with E-state index >= 15 is 0 Å². The van der Waals surface area contributed by atoms with Crippen molar-refractivity contribution >= 4 is 23.1 Å². The summed E-state index contributed by atoms with van der Waals surface area (Å²) in [5.41, 5.74) is 2.47. The molecule has 3 aromatic rings. The van der Waals surface area contributed by atoms with Gasteiger partial charge in [0.2, 0.25) is 24.2 Å². The van der Waals surface area contributed by atoms with Gasteiger partial charge in [-0.05, 0) is 29.7 Å². The molecule has 1 atom stereocenters. The number of fused-ring (bicyclic) bond motifs is 2. The smallest absolute Gasteiger partial charge is 0.231 e. The molecule has 2 aliphatic heterocycles.